The minimum absolute atomic E-state index is 0.138. The molecule has 0 bridgehead atoms. The molecule has 540 valence electrons. The number of carbonyl (C=O) groups excluding carboxylic acids is 6. The Balaban J connectivity index is 0.000000169. The molecule has 0 atom stereocenters. The third-order valence-electron chi connectivity index (χ3n) is 17.2. The number of carbonyl (C=O) groups is 6. The van der Waals surface area contributed by atoms with Crippen LogP contribution in [0.3, 0.4) is 0 Å². The van der Waals surface area contributed by atoms with E-state index in [1.165, 1.54) is 94.1 Å². The quantitative estimate of drug-likeness (QED) is 0.0286. The van der Waals surface area contributed by atoms with Gasteiger partial charge in [-0.05, 0) is 202 Å². The number of likely N-dealkylation sites (tertiary alicyclic amines) is 3. The Morgan fingerprint density at radius 2 is 0.562 bits per heavy atom. The van der Waals surface area contributed by atoms with Crippen LogP contribution in [0.5, 0.6) is 17.2 Å². The maximum absolute atomic E-state index is 14.9. The number of amidine groups is 3. The van der Waals surface area contributed by atoms with E-state index in [9.17, 15) is 41.9 Å². The number of halogens is 6. The lowest BCUT2D eigenvalue weighted by atomic mass is 10.1. The summed E-state index contributed by atoms with van der Waals surface area (Å²) in [6.45, 7) is 4.59. The van der Waals surface area contributed by atoms with Gasteiger partial charge >= 0.3 is 0 Å². The molecule has 3 aliphatic rings. The van der Waals surface area contributed by atoms with Crippen molar-refractivity contribution < 1.29 is 56.1 Å². The molecule has 9 aromatic rings. The molecule has 0 spiro atoms. The highest BCUT2D eigenvalue weighted by atomic mass is 35.5. The van der Waals surface area contributed by atoms with Crippen molar-refractivity contribution >= 4 is 122 Å². The number of nitrogens with one attached hydrogen (secondary N) is 9. The monoisotopic (exact) mass is 1480 g/mol. The highest BCUT2D eigenvalue weighted by Crippen LogP contribution is 2.31. The van der Waals surface area contributed by atoms with Gasteiger partial charge in [0, 0.05) is 88.1 Å². The zero-order valence-electron chi connectivity index (χ0n) is 57.1. The lowest BCUT2D eigenvalue weighted by Crippen LogP contribution is -2.42. The van der Waals surface area contributed by atoms with Crippen LogP contribution < -0.4 is 46.1 Å². The van der Waals surface area contributed by atoms with Gasteiger partial charge in [0.1, 0.15) is 52.2 Å². The van der Waals surface area contributed by atoms with Gasteiger partial charge in [-0.15, -0.1) is 0 Å². The normalized spacial score (nSPS) is 12.8. The number of nitrogens with zero attached hydrogens (tertiary/aromatic N) is 3. The maximum Gasteiger partial charge on any atom is 0.258 e. The molecule has 9 aromatic carbocycles. The molecule has 0 unspecified atom stereocenters. The summed E-state index contributed by atoms with van der Waals surface area (Å²) in [5.41, 5.74) is 3.19. The molecule has 3 saturated heterocycles. The summed E-state index contributed by atoms with van der Waals surface area (Å²) in [6.07, 6.45) is 6.13. The fraction of sp³-hybridized carbons (Fsp3) is 0.192. The lowest BCUT2D eigenvalue weighted by Gasteiger charge is -2.33. The predicted octanol–water partition coefficient (Wildman–Crippen LogP) is 16.2. The Labute approximate surface area is 618 Å². The first-order chi connectivity index (χ1) is 50.6. The molecule has 27 heteroatoms. The number of rotatable bonds is 18. The molecule has 0 saturated carbocycles. The molecule has 6 amide bonds. The molecule has 105 heavy (non-hydrogen) atoms. The van der Waals surface area contributed by atoms with E-state index in [-0.39, 0.29) is 67.9 Å². The highest BCUT2D eigenvalue weighted by molar-refractivity contribution is 6.31. The van der Waals surface area contributed by atoms with Gasteiger partial charge in [0.2, 0.25) is 0 Å². The number of ether oxygens (including phenoxy) is 3. The van der Waals surface area contributed by atoms with Crippen molar-refractivity contribution in [2.45, 2.75) is 38.5 Å². The second-order valence-electron chi connectivity index (χ2n) is 24.2. The molecule has 3 fully saturated rings. The number of anilines is 6. The van der Waals surface area contributed by atoms with Crippen LogP contribution in [0.15, 0.2) is 182 Å². The van der Waals surface area contributed by atoms with Crippen molar-refractivity contribution in [2.75, 3.05) is 92.5 Å². The van der Waals surface area contributed by atoms with Crippen LogP contribution in [0.2, 0.25) is 15.1 Å². The van der Waals surface area contributed by atoms with E-state index in [1.54, 1.807) is 109 Å². The third kappa shape index (κ3) is 19.7. The molecular formula is C78H72Cl3F3N12O9. The van der Waals surface area contributed by atoms with Crippen molar-refractivity contribution in [1.82, 2.24) is 14.7 Å². The minimum atomic E-state index is -0.749. The standard InChI is InChI=1S/C27H26ClFN4O3.C26H24ClFN4O3.C25H22ClFN4O3/c1-36-20-10-12-24(22(16-20)27(35)31-19-8-6-18(28)7-9-19)32-26(34)21-11-5-17(15-23(21)29)25(30)33-13-3-2-4-14-33;1-35-19-9-11-23(21(15-19)26(34)30-18-7-5-17(27)6-8-18)31-25(33)20-10-4-16(14-22(20)28)24(29)32-12-2-3-13-32;1-34-18-8-10-22(20(14-18)25(33)29-17-6-4-16(26)5-7-17)30-24(32)19-9-3-15(13-21(19)27)23(28)31-11-2-12-31/h5-12,15-16,30H,2-4,13-14H2,1H3,(H,31,35)(H,32,34);4-11,14-15,29H,2-3,12-13H2,1H3,(H,30,34)(H,31,33);3-10,13-14,28H,2,11-12H2,1H3,(H,29,33)(H,30,32). The van der Waals surface area contributed by atoms with Gasteiger partial charge in [-0.2, -0.15) is 0 Å². The SMILES string of the molecule is COc1ccc(NC(=O)c2ccc(C(=N)N3CCC3)cc2F)c(C(=O)Nc2ccc(Cl)cc2)c1.COc1ccc(NC(=O)c2ccc(C(=N)N3CCCC3)cc2F)c(C(=O)Nc2ccc(Cl)cc2)c1.COc1ccc(NC(=O)c2ccc(C(=N)N3CCCCC3)cc2F)c(C(=O)Nc2ccc(Cl)cc2)c1. The van der Waals surface area contributed by atoms with Crippen LogP contribution in [0.1, 0.15) is 117 Å². The Morgan fingerprint density at radius 1 is 0.314 bits per heavy atom. The second-order valence-corrected chi connectivity index (χ2v) is 25.5. The lowest BCUT2D eigenvalue weighted by molar-refractivity contribution is 0.100. The fourth-order valence-corrected chi connectivity index (χ4v) is 11.7. The fourth-order valence-electron chi connectivity index (χ4n) is 11.3. The molecule has 0 aromatic heterocycles. The minimum Gasteiger partial charge on any atom is -0.497 e. The van der Waals surface area contributed by atoms with Crippen LogP contribution in [0.25, 0.3) is 0 Å². The molecule has 3 aliphatic heterocycles. The van der Waals surface area contributed by atoms with Crippen molar-refractivity contribution in [1.29, 1.82) is 16.2 Å². The maximum atomic E-state index is 14.9. The number of hydrogen-bond donors (Lipinski definition) is 9. The number of methoxy groups -OCH3 is 3. The van der Waals surface area contributed by atoms with Gasteiger partial charge < -0.3 is 60.8 Å². The molecule has 3 heterocycles. The van der Waals surface area contributed by atoms with Crippen LogP contribution in [0.4, 0.5) is 47.3 Å². The van der Waals surface area contributed by atoms with E-state index in [1.807, 2.05) is 14.7 Å². The first-order valence-electron chi connectivity index (χ1n) is 33.2. The Morgan fingerprint density at radius 3 is 0.800 bits per heavy atom. The van der Waals surface area contributed by atoms with Crippen LogP contribution in [-0.2, 0) is 0 Å². The van der Waals surface area contributed by atoms with E-state index in [0.717, 1.165) is 77.8 Å². The summed E-state index contributed by atoms with van der Waals surface area (Å²) in [4.78, 5) is 83.2. The topological polar surface area (TPSA) is 284 Å². The summed E-state index contributed by atoms with van der Waals surface area (Å²) < 4.78 is 60.2. The number of amides is 6. The second kappa shape index (κ2) is 35.4. The Kier molecular flexibility index (Phi) is 25.6. The highest BCUT2D eigenvalue weighted by Gasteiger charge is 2.26. The molecule has 12 rings (SSSR count). The van der Waals surface area contributed by atoms with Crippen molar-refractivity contribution in [2.24, 2.45) is 0 Å². The van der Waals surface area contributed by atoms with Crippen molar-refractivity contribution in [3.05, 3.63) is 265 Å². The number of hydrogen-bond acceptors (Lipinski definition) is 12. The smallest absolute Gasteiger partial charge is 0.258 e. The first kappa shape index (κ1) is 75.9. The summed E-state index contributed by atoms with van der Waals surface area (Å²) >= 11 is 17.7. The molecule has 0 radical (unpaired) electrons. The largest absolute Gasteiger partial charge is 0.497 e. The van der Waals surface area contributed by atoms with Crippen LogP contribution >= 0.6 is 34.8 Å². The van der Waals surface area contributed by atoms with E-state index < -0.39 is 52.9 Å². The van der Waals surface area contributed by atoms with E-state index in [4.69, 9.17) is 65.2 Å². The summed E-state index contributed by atoms with van der Waals surface area (Å²) in [5.74, 6) is -3.88. The summed E-state index contributed by atoms with van der Waals surface area (Å²) in [6, 6.07) is 45.8. The van der Waals surface area contributed by atoms with E-state index in [2.05, 4.69) is 31.9 Å². The van der Waals surface area contributed by atoms with Gasteiger partial charge in [-0.1, -0.05) is 53.0 Å². The van der Waals surface area contributed by atoms with E-state index >= 15 is 0 Å². The average Bonchev–Trinajstić information content (AvgIpc) is 1.82. The van der Waals surface area contributed by atoms with Crippen LogP contribution in [-0.4, -0.2) is 128 Å². The molecular weight excluding hydrogens is 1410 g/mol. The number of piperidine rings is 1. The van der Waals surface area contributed by atoms with Gasteiger partial charge in [0.15, 0.2) is 0 Å². The Bertz CT molecular complexity index is 4770. The zero-order chi connectivity index (χ0) is 74.8. The predicted molar refractivity (Wildman–Crippen MR) is 403 cm³/mol. The van der Waals surface area contributed by atoms with Crippen molar-refractivity contribution in [3.63, 3.8) is 0 Å². The summed E-state index contributed by atoms with van der Waals surface area (Å²) in [7, 11) is 4.39. The van der Waals surface area contributed by atoms with Gasteiger partial charge in [-0.3, -0.25) is 45.0 Å². The van der Waals surface area contributed by atoms with Crippen LogP contribution in [0, 0.1) is 33.7 Å². The third-order valence-corrected chi connectivity index (χ3v) is 17.9. The Hall–Kier alpha value is -11.7. The summed E-state index contributed by atoms with van der Waals surface area (Å²) in [5, 5.41) is 42.5. The number of benzene rings is 9. The average molecular weight is 1480 g/mol. The zero-order valence-corrected chi connectivity index (χ0v) is 59.4. The molecule has 9 N–H and O–H groups in total. The first-order valence-corrected chi connectivity index (χ1v) is 34.3. The van der Waals surface area contributed by atoms with Gasteiger partial charge in [0.25, 0.3) is 35.4 Å². The van der Waals surface area contributed by atoms with E-state index in [0.29, 0.717) is 66.1 Å². The molecule has 21 nitrogen and oxygen atoms in total. The van der Waals surface area contributed by atoms with Gasteiger partial charge in [-0.25, -0.2) is 13.2 Å². The molecule has 0 aliphatic carbocycles. The van der Waals surface area contributed by atoms with Crippen molar-refractivity contribution in [3.8, 4) is 17.2 Å². The van der Waals surface area contributed by atoms with Gasteiger partial charge in [0.05, 0.1) is 71.8 Å².